The van der Waals surface area contributed by atoms with Gasteiger partial charge in [-0.2, -0.15) is 0 Å². The first-order valence-electron chi connectivity index (χ1n) is 8.54. The molecule has 1 amide bonds. The highest BCUT2D eigenvalue weighted by Crippen LogP contribution is 2.23. The SMILES string of the molecule is COC1(C(=O)NCc2ccc(Oc3ccc(F)cc3)nc2)CCNCC1.Cl.Cl. The number of hydrogen-bond acceptors (Lipinski definition) is 5. The number of halogens is 3. The Hall–Kier alpha value is -1.93. The van der Waals surface area contributed by atoms with Gasteiger partial charge in [0.15, 0.2) is 0 Å². The summed E-state index contributed by atoms with van der Waals surface area (Å²) in [6, 6.07) is 9.26. The van der Waals surface area contributed by atoms with Gasteiger partial charge in [-0.1, -0.05) is 6.07 Å². The first-order valence-corrected chi connectivity index (χ1v) is 8.54. The lowest BCUT2D eigenvalue weighted by Gasteiger charge is -2.34. The summed E-state index contributed by atoms with van der Waals surface area (Å²) in [5.74, 6) is 0.485. The van der Waals surface area contributed by atoms with E-state index in [1.54, 1.807) is 19.4 Å². The Morgan fingerprint density at radius 3 is 2.43 bits per heavy atom. The lowest BCUT2D eigenvalue weighted by Crippen LogP contribution is -2.53. The maximum absolute atomic E-state index is 12.9. The fraction of sp³-hybridized carbons (Fsp3) is 0.368. The van der Waals surface area contributed by atoms with Crippen LogP contribution < -0.4 is 15.4 Å². The van der Waals surface area contributed by atoms with E-state index in [9.17, 15) is 9.18 Å². The standard InChI is InChI=1S/C19H22FN3O3.2ClH/c1-25-19(8-10-21-11-9-19)18(24)23-13-14-2-7-17(22-12-14)26-16-5-3-15(20)4-6-16;;/h2-7,12,21H,8-11,13H2,1H3,(H,23,24);2*1H. The fourth-order valence-corrected chi connectivity index (χ4v) is 2.90. The average molecular weight is 432 g/mol. The molecular weight excluding hydrogens is 408 g/mol. The van der Waals surface area contributed by atoms with Gasteiger partial charge in [-0.3, -0.25) is 4.79 Å². The molecule has 2 aromatic rings. The van der Waals surface area contributed by atoms with Crippen molar-refractivity contribution in [3.05, 3.63) is 54.0 Å². The first kappa shape index (κ1) is 24.1. The second-order valence-corrected chi connectivity index (χ2v) is 6.19. The van der Waals surface area contributed by atoms with Crippen LogP contribution >= 0.6 is 24.8 Å². The lowest BCUT2D eigenvalue weighted by molar-refractivity contribution is -0.146. The molecule has 1 aliphatic rings. The number of methoxy groups -OCH3 is 1. The van der Waals surface area contributed by atoms with Crippen molar-refractivity contribution in [2.45, 2.75) is 25.0 Å². The number of aromatic nitrogens is 1. The number of benzene rings is 1. The third kappa shape index (κ3) is 6.04. The molecule has 1 saturated heterocycles. The summed E-state index contributed by atoms with van der Waals surface area (Å²) in [5.41, 5.74) is 0.0922. The average Bonchev–Trinajstić information content (AvgIpc) is 2.69. The summed E-state index contributed by atoms with van der Waals surface area (Å²) >= 11 is 0. The zero-order chi connectivity index (χ0) is 18.4. The zero-order valence-corrected chi connectivity index (χ0v) is 17.1. The van der Waals surface area contributed by atoms with Gasteiger partial charge in [0.1, 0.15) is 17.2 Å². The number of piperidine rings is 1. The summed E-state index contributed by atoms with van der Waals surface area (Å²) in [6.45, 7) is 1.89. The second kappa shape index (κ2) is 11.2. The number of amides is 1. The topological polar surface area (TPSA) is 72.5 Å². The predicted octanol–water partition coefficient (Wildman–Crippen LogP) is 3.24. The molecule has 6 nitrogen and oxygen atoms in total. The Bertz CT molecular complexity index is 739. The molecule has 154 valence electrons. The zero-order valence-electron chi connectivity index (χ0n) is 15.4. The van der Waals surface area contributed by atoms with Gasteiger partial charge < -0.3 is 20.1 Å². The molecule has 1 fully saturated rings. The third-order valence-corrected chi connectivity index (χ3v) is 4.50. The largest absolute Gasteiger partial charge is 0.439 e. The number of rotatable bonds is 6. The maximum atomic E-state index is 12.9. The van der Waals surface area contributed by atoms with Crippen LogP contribution in [0.1, 0.15) is 18.4 Å². The van der Waals surface area contributed by atoms with Crippen molar-refractivity contribution in [2.24, 2.45) is 0 Å². The van der Waals surface area contributed by atoms with E-state index in [1.165, 1.54) is 24.3 Å². The Morgan fingerprint density at radius 2 is 1.86 bits per heavy atom. The minimum absolute atomic E-state index is 0. The van der Waals surface area contributed by atoms with Crippen molar-refractivity contribution in [3.8, 4) is 11.6 Å². The molecule has 0 unspecified atom stereocenters. The molecular formula is C19H24Cl2FN3O3. The Labute approximate surface area is 176 Å². The molecule has 0 radical (unpaired) electrons. The van der Waals surface area contributed by atoms with Gasteiger partial charge in [-0.15, -0.1) is 24.8 Å². The van der Waals surface area contributed by atoms with E-state index in [-0.39, 0.29) is 36.5 Å². The van der Waals surface area contributed by atoms with Gasteiger partial charge in [0.25, 0.3) is 5.91 Å². The molecule has 0 aliphatic carbocycles. The molecule has 2 heterocycles. The van der Waals surface area contributed by atoms with Crippen molar-refractivity contribution in [1.82, 2.24) is 15.6 Å². The highest BCUT2D eigenvalue weighted by Gasteiger charge is 2.39. The minimum atomic E-state index is -0.760. The molecule has 0 spiro atoms. The summed E-state index contributed by atoms with van der Waals surface area (Å²) in [6.07, 6.45) is 2.94. The molecule has 0 bridgehead atoms. The fourth-order valence-electron chi connectivity index (χ4n) is 2.90. The smallest absolute Gasteiger partial charge is 0.252 e. The van der Waals surface area contributed by atoms with E-state index in [2.05, 4.69) is 15.6 Å². The number of carbonyl (C=O) groups is 1. The summed E-state index contributed by atoms with van der Waals surface area (Å²) in [5, 5.41) is 6.15. The van der Waals surface area contributed by atoms with Crippen LogP contribution in [0.15, 0.2) is 42.6 Å². The minimum Gasteiger partial charge on any atom is -0.439 e. The van der Waals surface area contributed by atoms with E-state index in [1.807, 2.05) is 6.07 Å². The van der Waals surface area contributed by atoms with Crippen LogP contribution in [-0.2, 0) is 16.1 Å². The first-order chi connectivity index (χ1) is 12.6. The van der Waals surface area contributed by atoms with Gasteiger partial charge >= 0.3 is 0 Å². The summed E-state index contributed by atoms with van der Waals surface area (Å²) < 4.78 is 24.0. The Balaban J connectivity index is 0.00000196. The Kier molecular flexibility index (Phi) is 9.61. The summed E-state index contributed by atoms with van der Waals surface area (Å²) in [7, 11) is 1.58. The van der Waals surface area contributed by atoms with Crippen molar-refractivity contribution in [3.63, 3.8) is 0 Å². The van der Waals surface area contributed by atoms with Crippen LogP contribution in [0, 0.1) is 5.82 Å². The molecule has 1 aliphatic heterocycles. The molecule has 28 heavy (non-hydrogen) atoms. The number of ether oxygens (including phenoxy) is 2. The van der Waals surface area contributed by atoms with Crippen LogP contribution in [0.4, 0.5) is 4.39 Å². The maximum Gasteiger partial charge on any atom is 0.252 e. The van der Waals surface area contributed by atoms with E-state index >= 15 is 0 Å². The monoisotopic (exact) mass is 431 g/mol. The van der Waals surface area contributed by atoms with Crippen LogP contribution in [-0.4, -0.2) is 36.7 Å². The molecule has 0 atom stereocenters. The highest BCUT2D eigenvalue weighted by atomic mass is 35.5. The molecule has 1 aromatic carbocycles. The third-order valence-electron chi connectivity index (χ3n) is 4.50. The number of hydrogen-bond donors (Lipinski definition) is 2. The Morgan fingerprint density at radius 1 is 1.18 bits per heavy atom. The molecule has 1 aromatic heterocycles. The van der Waals surface area contributed by atoms with E-state index < -0.39 is 5.60 Å². The normalized spacial score (nSPS) is 14.9. The predicted molar refractivity (Wildman–Crippen MR) is 109 cm³/mol. The lowest BCUT2D eigenvalue weighted by atomic mass is 9.91. The van der Waals surface area contributed by atoms with E-state index in [0.29, 0.717) is 31.0 Å². The van der Waals surface area contributed by atoms with Crippen LogP contribution in [0.25, 0.3) is 0 Å². The number of nitrogens with zero attached hydrogens (tertiary/aromatic N) is 1. The van der Waals surface area contributed by atoms with E-state index in [0.717, 1.165) is 18.7 Å². The van der Waals surface area contributed by atoms with Crippen molar-refractivity contribution in [1.29, 1.82) is 0 Å². The molecule has 2 N–H and O–H groups in total. The van der Waals surface area contributed by atoms with Gasteiger partial charge in [-0.25, -0.2) is 9.37 Å². The van der Waals surface area contributed by atoms with E-state index in [4.69, 9.17) is 9.47 Å². The van der Waals surface area contributed by atoms with Crippen LogP contribution in [0.2, 0.25) is 0 Å². The van der Waals surface area contributed by atoms with Crippen LogP contribution in [0.3, 0.4) is 0 Å². The molecule has 3 rings (SSSR count). The highest BCUT2D eigenvalue weighted by molar-refractivity contribution is 5.86. The molecule has 9 heteroatoms. The van der Waals surface area contributed by atoms with Gasteiger partial charge in [0.2, 0.25) is 5.88 Å². The van der Waals surface area contributed by atoms with Crippen molar-refractivity contribution < 1.29 is 18.7 Å². The van der Waals surface area contributed by atoms with Gasteiger partial charge in [0, 0.05) is 25.9 Å². The molecule has 0 saturated carbocycles. The van der Waals surface area contributed by atoms with Gasteiger partial charge in [0.05, 0.1) is 0 Å². The number of nitrogens with one attached hydrogen (secondary N) is 2. The van der Waals surface area contributed by atoms with Gasteiger partial charge in [-0.05, 0) is 55.8 Å². The summed E-state index contributed by atoms with van der Waals surface area (Å²) in [4.78, 5) is 16.7. The number of pyridine rings is 1. The van der Waals surface area contributed by atoms with Crippen LogP contribution in [0.5, 0.6) is 11.6 Å². The number of carbonyl (C=O) groups excluding carboxylic acids is 1. The second-order valence-electron chi connectivity index (χ2n) is 6.19. The quantitative estimate of drug-likeness (QED) is 0.734. The van der Waals surface area contributed by atoms with Crippen molar-refractivity contribution >= 4 is 30.7 Å². The van der Waals surface area contributed by atoms with Crippen molar-refractivity contribution in [2.75, 3.05) is 20.2 Å².